The number of thiophene rings is 1. The largest absolute Gasteiger partial charge is 0.215 e. The van der Waals surface area contributed by atoms with Gasteiger partial charge in [0.05, 0.1) is 10.4 Å². The summed E-state index contributed by atoms with van der Waals surface area (Å²) in [6.45, 7) is 0. The third-order valence-electron chi connectivity index (χ3n) is 2.19. The number of halogens is 8. The Morgan fingerprint density at radius 1 is 0.474 bits per heavy atom. The molecule has 0 saturated heterocycles. The topological polar surface area (TPSA) is 0 Å². The molecule has 9 heteroatoms. The lowest BCUT2D eigenvalue weighted by atomic mass is 10.1. The molecule has 0 radical (unpaired) electrons. The molecule has 0 aliphatic carbocycles. The second-order valence-corrected chi connectivity index (χ2v) is 4.25. The van der Waals surface area contributed by atoms with Crippen LogP contribution in [-0.2, 0) is 0 Å². The van der Waals surface area contributed by atoms with Crippen LogP contribution >= 0.6 is 11.3 Å². The highest BCUT2D eigenvalue weighted by molar-refractivity contribution is 7.14. The van der Waals surface area contributed by atoms with Gasteiger partial charge in [0.15, 0.2) is 29.1 Å². The van der Waals surface area contributed by atoms with Gasteiger partial charge in [0, 0.05) is 0 Å². The summed E-state index contributed by atoms with van der Waals surface area (Å²) < 4.78 is 104. The lowest BCUT2D eigenvalue weighted by Crippen LogP contribution is -2.04. The smallest absolute Gasteiger partial charge is 0.203 e. The lowest BCUT2D eigenvalue weighted by Gasteiger charge is -2.06. The number of hydrogen-bond acceptors (Lipinski definition) is 1. The summed E-state index contributed by atoms with van der Waals surface area (Å²) in [4.78, 5) is -1.34. The van der Waals surface area contributed by atoms with Crippen LogP contribution in [0.3, 0.4) is 0 Å². The van der Waals surface area contributed by atoms with E-state index in [4.69, 9.17) is 0 Å². The van der Waals surface area contributed by atoms with E-state index in [2.05, 4.69) is 0 Å². The van der Waals surface area contributed by atoms with Crippen LogP contribution in [0.4, 0.5) is 35.1 Å². The average molecular weight is 304 g/mol. The van der Waals surface area contributed by atoms with E-state index in [0.717, 1.165) is 0 Å². The molecular weight excluding hydrogens is 304 g/mol. The quantitative estimate of drug-likeness (QED) is 0.412. The maximum absolute atomic E-state index is 13.3. The van der Waals surface area contributed by atoms with E-state index in [0.29, 0.717) is 0 Å². The van der Waals surface area contributed by atoms with Crippen molar-refractivity contribution in [2.45, 2.75) is 0 Å². The Morgan fingerprint density at radius 3 is 1.26 bits per heavy atom. The van der Waals surface area contributed by atoms with Crippen molar-refractivity contribution >= 4 is 11.3 Å². The Labute approximate surface area is 103 Å². The third-order valence-corrected chi connectivity index (χ3v) is 3.14. The predicted octanol–water partition coefficient (Wildman–Crippen LogP) is 4.53. The van der Waals surface area contributed by atoms with Crippen LogP contribution in [0.25, 0.3) is 10.4 Å². The van der Waals surface area contributed by atoms with Crippen LogP contribution in [0.5, 0.6) is 0 Å². The summed E-state index contributed by atoms with van der Waals surface area (Å²) in [5.41, 5.74) is -1.71. The molecular formula is C10F8S. The molecule has 2 aromatic rings. The van der Waals surface area contributed by atoms with Gasteiger partial charge in [-0.3, -0.25) is 0 Å². The fraction of sp³-hybridized carbons (Fsp3) is 0. The van der Waals surface area contributed by atoms with E-state index < -0.39 is 67.6 Å². The molecule has 1 aromatic carbocycles. The van der Waals surface area contributed by atoms with Crippen molar-refractivity contribution in [1.29, 1.82) is 0 Å². The summed E-state index contributed by atoms with van der Waals surface area (Å²) in [6.07, 6.45) is 0. The first-order valence-electron chi connectivity index (χ1n) is 4.42. The molecule has 1 aromatic heterocycles. The molecule has 0 nitrogen and oxygen atoms in total. The fourth-order valence-electron chi connectivity index (χ4n) is 1.33. The van der Waals surface area contributed by atoms with Gasteiger partial charge in [-0.15, -0.1) is 0 Å². The molecule has 0 aliphatic heterocycles. The van der Waals surface area contributed by atoms with Gasteiger partial charge in [-0.25, -0.2) is 26.3 Å². The SMILES string of the molecule is Fc1sc(-c2c(F)c(F)c(F)c(F)c2F)c(F)c1F. The van der Waals surface area contributed by atoms with Crippen molar-refractivity contribution in [1.82, 2.24) is 0 Å². The van der Waals surface area contributed by atoms with Gasteiger partial charge in [-0.2, -0.15) is 8.78 Å². The molecule has 0 fully saturated rings. The van der Waals surface area contributed by atoms with Crippen LogP contribution in [0.15, 0.2) is 0 Å². The molecule has 0 bridgehead atoms. The zero-order valence-electron chi connectivity index (χ0n) is 8.43. The minimum atomic E-state index is -2.45. The van der Waals surface area contributed by atoms with Crippen molar-refractivity contribution < 1.29 is 35.1 Å². The minimum Gasteiger partial charge on any atom is -0.203 e. The first-order chi connectivity index (χ1) is 8.77. The van der Waals surface area contributed by atoms with Crippen molar-refractivity contribution in [3.63, 3.8) is 0 Å². The molecule has 0 saturated carbocycles. The highest BCUT2D eigenvalue weighted by Crippen LogP contribution is 2.38. The molecule has 0 atom stereocenters. The Hall–Kier alpha value is -1.64. The highest BCUT2D eigenvalue weighted by atomic mass is 32.1. The number of hydrogen-bond donors (Lipinski definition) is 0. The maximum Gasteiger partial charge on any atom is 0.215 e. The molecule has 0 amide bonds. The van der Waals surface area contributed by atoms with Crippen molar-refractivity contribution in [2.24, 2.45) is 0 Å². The van der Waals surface area contributed by atoms with Crippen LogP contribution in [0.1, 0.15) is 0 Å². The molecule has 0 unspecified atom stereocenters. The average Bonchev–Trinajstić information content (AvgIpc) is 2.62. The lowest BCUT2D eigenvalue weighted by molar-refractivity contribution is 0.381. The minimum absolute atomic E-state index is 0.407. The second kappa shape index (κ2) is 4.48. The van der Waals surface area contributed by atoms with Crippen molar-refractivity contribution in [2.75, 3.05) is 0 Å². The Morgan fingerprint density at radius 2 is 0.895 bits per heavy atom. The number of benzene rings is 1. The number of rotatable bonds is 1. The Kier molecular flexibility index (Phi) is 3.25. The summed E-state index contributed by atoms with van der Waals surface area (Å²) >= 11 is -0.407. The van der Waals surface area contributed by atoms with Gasteiger partial charge in [-0.05, 0) is 0 Å². The molecule has 0 aliphatic rings. The molecule has 0 N–H and O–H groups in total. The van der Waals surface area contributed by atoms with E-state index in [-0.39, 0.29) is 0 Å². The standard InChI is InChI=1S/C10F8S/c11-2-1(3(12)5(14)6(15)4(2)13)9-7(16)8(17)10(18)19-9. The van der Waals surface area contributed by atoms with E-state index >= 15 is 0 Å². The first-order valence-corrected chi connectivity index (χ1v) is 5.24. The second-order valence-electron chi connectivity index (χ2n) is 3.28. The monoisotopic (exact) mass is 304 g/mol. The van der Waals surface area contributed by atoms with E-state index in [1.165, 1.54) is 0 Å². The normalized spacial score (nSPS) is 11.2. The molecule has 102 valence electrons. The fourth-order valence-corrected chi connectivity index (χ4v) is 2.15. The van der Waals surface area contributed by atoms with Crippen molar-refractivity contribution in [3.8, 4) is 10.4 Å². The molecule has 0 spiro atoms. The van der Waals surface area contributed by atoms with Gasteiger partial charge in [0.1, 0.15) is 0 Å². The summed E-state index contributed by atoms with van der Waals surface area (Å²) in [5, 5.41) is -1.77. The third kappa shape index (κ3) is 1.88. The Balaban J connectivity index is 2.87. The van der Waals surface area contributed by atoms with Crippen LogP contribution < -0.4 is 0 Å². The van der Waals surface area contributed by atoms with Crippen molar-refractivity contribution in [3.05, 3.63) is 45.9 Å². The predicted molar refractivity (Wildman–Crippen MR) is 49.4 cm³/mol. The van der Waals surface area contributed by atoms with Crippen LogP contribution in [-0.4, -0.2) is 0 Å². The van der Waals surface area contributed by atoms with E-state index in [9.17, 15) is 35.1 Å². The van der Waals surface area contributed by atoms with Gasteiger partial charge in [-0.1, -0.05) is 11.3 Å². The summed E-state index contributed by atoms with van der Waals surface area (Å²) in [7, 11) is 0. The molecule has 2 rings (SSSR count). The molecule has 1 heterocycles. The zero-order chi connectivity index (χ0) is 14.5. The van der Waals surface area contributed by atoms with Gasteiger partial charge in [0.25, 0.3) is 0 Å². The van der Waals surface area contributed by atoms with Gasteiger partial charge in [0.2, 0.25) is 16.8 Å². The van der Waals surface area contributed by atoms with Crippen LogP contribution in [0.2, 0.25) is 0 Å². The summed E-state index contributed by atoms with van der Waals surface area (Å²) in [5.74, 6) is -15.9. The van der Waals surface area contributed by atoms with Gasteiger partial charge < -0.3 is 0 Å². The zero-order valence-corrected chi connectivity index (χ0v) is 9.25. The Bertz CT molecular complexity index is 646. The first kappa shape index (κ1) is 13.8. The van der Waals surface area contributed by atoms with Crippen LogP contribution in [0, 0.1) is 45.9 Å². The van der Waals surface area contributed by atoms with E-state index in [1.807, 2.05) is 0 Å². The summed E-state index contributed by atoms with van der Waals surface area (Å²) in [6, 6.07) is 0. The van der Waals surface area contributed by atoms with Gasteiger partial charge >= 0.3 is 0 Å². The molecule has 19 heavy (non-hydrogen) atoms. The highest BCUT2D eigenvalue weighted by Gasteiger charge is 2.31. The van der Waals surface area contributed by atoms with E-state index in [1.54, 1.807) is 0 Å². The maximum atomic E-state index is 13.3.